The average Bonchev–Trinajstić information content (AvgIpc) is 3.18. The molecule has 0 fully saturated rings. The van der Waals surface area contributed by atoms with Gasteiger partial charge in [-0.25, -0.2) is 9.79 Å². The van der Waals surface area contributed by atoms with Gasteiger partial charge in [-0.15, -0.1) is 0 Å². The van der Waals surface area contributed by atoms with Crippen LogP contribution in [0.2, 0.25) is 0 Å². The van der Waals surface area contributed by atoms with E-state index in [1.807, 2.05) is 48.5 Å². The zero-order valence-electron chi connectivity index (χ0n) is 20.2. The minimum Gasteiger partial charge on any atom is -0.458 e. The molecule has 0 saturated carbocycles. The van der Waals surface area contributed by atoms with Crippen LogP contribution in [0.25, 0.3) is 6.08 Å². The molecule has 1 aromatic heterocycles. The van der Waals surface area contributed by atoms with Gasteiger partial charge in [-0.2, -0.15) is 0 Å². The molecule has 1 aliphatic rings. The predicted molar refractivity (Wildman–Crippen MR) is 141 cm³/mol. The molecule has 1 unspecified atom stereocenters. The Kier molecular flexibility index (Phi) is 7.46. The number of benzene rings is 2. The summed E-state index contributed by atoms with van der Waals surface area (Å²) in [6.07, 6.45) is 3.40. The second-order valence-electron chi connectivity index (χ2n) is 8.14. The Morgan fingerprint density at radius 1 is 1.14 bits per heavy atom. The second kappa shape index (κ2) is 10.7. The standard InChI is InChI=1S/C28H29N3O3S/c1-5-17-34-27(33)24-19(4)29-28-31(25(24)21-11-9-8-10-12-21)26(32)23(35-28)18-20-13-15-22(16-14-20)30(6-2)7-3/h5,8-16,18,25H,1,6-7,17H2,2-4H3. The molecule has 2 heterocycles. The summed E-state index contributed by atoms with van der Waals surface area (Å²) in [7, 11) is 0. The van der Waals surface area contributed by atoms with Crippen LogP contribution in [0.1, 0.15) is 37.9 Å². The van der Waals surface area contributed by atoms with E-state index in [4.69, 9.17) is 4.74 Å². The van der Waals surface area contributed by atoms with Crippen molar-refractivity contribution in [1.82, 2.24) is 4.57 Å². The van der Waals surface area contributed by atoms with Gasteiger partial charge in [0.1, 0.15) is 6.61 Å². The van der Waals surface area contributed by atoms with Crippen molar-refractivity contribution in [3.05, 3.63) is 109 Å². The first-order valence-corrected chi connectivity index (χ1v) is 12.5. The fourth-order valence-corrected chi connectivity index (χ4v) is 5.31. The molecular weight excluding hydrogens is 458 g/mol. The lowest BCUT2D eigenvalue weighted by atomic mass is 9.96. The Bertz CT molecular complexity index is 1430. The summed E-state index contributed by atoms with van der Waals surface area (Å²) in [5.41, 5.74) is 3.63. The molecular formula is C28H29N3O3S. The molecule has 0 amide bonds. The maximum absolute atomic E-state index is 13.6. The van der Waals surface area contributed by atoms with E-state index in [0.717, 1.165) is 29.9 Å². The SMILES string of the molecule is C=CCOC(=O)C1=C(C)N=c2sc(=Cc3ccc(N(CC)CC)cc3)c(=O)n2C1c1ccccc1. The number of rotatable bonds is 8. The average molecular weight is 488 g/mol. The molecule has 7 heteroatoms. The van der Waals surface area contributed by atoms with Gasteiger partial charge in [0, 0.05) is 18.8 Å². The lowest BCUT2D eigenvalue weighted by Gasteiger charge is -2.24. The van der Waals surface area contributed by atoms with Crippen LogP contribution in [0.5, 0.6) is 0 Å². The number of aromatic nitrogens is 1. The van der Waals surface area contributed by atoms with Gasteiger partial charge in [0.05, 0.1) is 21.8 Å². The molecule has 4 rings (SSSR count). The molecule has 0 saturated heterocycles. The smallest absolute Gasteiger partial charge is 0.338 e. The number of hydrogen-bond donors (Lipinski definition) is 0. The fraction of sp³-hybridized carbons (Fsp3) is 0.250. The van der Waals surface area contributed by atoms with Crippen LogP contribution < -0.4 is 19.8 Å². The Morgan fingerprint density at radius 2 is 1.83 bits per heavy atom. The van der Waals surface area contributed by atoms with E-state index in [0.29, 0.717) is 20.6 Å². The molecule has 1 atom stereocenters. The van der Waals surface area contributed by atoms with E-state index in [-0.39, 0.29) is 12.2 Å². The summed E-state index contributed by atoms with van der Waals surface area (Å²) in [6.45, 7) is 11.6. The number of carbonyl (C=O) groups is 1. The van der Waals surface area contributed by atoms with Crippen molar-refractivity contribution in [1.29, 1.82) is 0 Å². The molecule has 180 valence electrons. The minimum absolute atomic E-state index is 0.0883. The number of carbonyl (C=O) groups excluding carboxylic acids is 1. The highest BCUT2D eigenvalue weighted by Gasteiger charge is 2.33. The van der Waals surface area contributed by atoms with Crippen molar-refractivity contribution in [3.8, 4) is 0 Å². The number of esters is 1. The highest BCUT2D eigenvalue weighted by molar-refractivity contribution is 7.07. The number of anilines is 1. The van der Waals surface area contributed by atoms with E-state index in [9.17, 15) is 9.59 Å². The quantitative estimate of drug-likeness (QED) is 0.358. The van der Waals surface area contributed by atoms with Gasteiger partial charge in [0.2, 0.25) is 0 Å². The highest BCUT2D eigenvalue weighted by atomic mass is 32.1. The number of allylic oxidation sites excluding steroid dienone is 1. The van der Waals surface area contributed by atoms with Gasteiger partial charge in [0.25, 0.3) is 5.56 Å². The van der Waals surface area contributed by atoms with E-state index >= 15 is 0 Å². The van der Waals surface area contributed by atoms with Crippen LogP contribution in [0.15, 0.2) is 88.3 Å². The van der Waals surface area contributed by atoms with E-state index < -0.39 is 12.0 Å². The third-order valence-electron chi connectivity index (χ3n) is 6.01. The minimum atomic E-state index is -0.614. The van der Waals surface area contributed by atoms with Crippen molar-refractivity contribution in [3.63, 3.8) is 0 Å². The first kappa shape index (κ1) is 24.4. The number of thiazole rings is 1. The molecule has 0 aliphatic carbocycles. The number of nitrogens with zero attached hydrogens (tertiary/aromatic N) is 3. The first-order valence-electron chi connectivity index (χ1n) is 11.7. The topological polar surface area (TPSA) is 63.9 Å². The van der Waals surface area contributed by atoms with Crippen LogP contribution >= 0.6 is 11.3 Å². The van der Waals surface area contributed by atoms with Crippen molar-refractivity contribution in [2.75, 3.05) is 24.6 Å². The molecule has 0 spiro atoms. The summed E-state index contributed by atoms with van der Waals surface area (Å²) < 4.78 is 7.53. The van der Waals surface area contributed by atoms with E-state index in [1.54, 1.807) is 11.5 Å². The van der Waals surface area contributed by atoms with Crippen molar-refractivity contribution in [2.45, 2.75) is 26.8 Å². The highest BCUT2D eigenvalue weighted by Crippen LogP contribution is 2.30. The van der Waals surface area contributed by atoms with Gasteiger partial charge in [-0.1, -0.05) is 66.5 Å². The van der Waals surface area contributed by atoms with Gasteiger partial charge in [0.15, 0.2) is 4.80 Å². The molecule has 6 nitrogen and oxygen atoms in total. The predicted octanol–water partition coefficient (Wildman–Crippen LogP) is 3.81. The normalized spacial score (nSPS) is 15.4. The maximum atomic E-state index is 13.6. The zero-order valence-corrected chi connectivity index (χ0v) is 21.0. The fourth-order valence-electron chi connectivity index (χ4n) is 4.27. The monoisotopic (exact) mass is 487 g/mol. The van der Waals surface area contributed by atoms with Crippen LogP contribution in [-0.4, -0.2) is 30.2 Å². The number of fused-ring (bicyclic) bond motifs is 1. The number of hydrogen-bond acceptors (Lipinski definition) is 6. The molecule has 0 radical (unpaired) electrons. The summed E-state index contributed by atoms with van der Waals surface area (Å²) in [5.74, 6) is -0.499. The number of ether oxygens (including phenoxy) is 1. The van der Waals surface area contributed by atoms with Gasteiger partial charge >= 0.3 is 5.97 Å². The summed E-state index contributed by atoms with van der Waals surface area (Å²) >= 11 is 1.33. The molecule has 3 aromatic rings. The summed E-state index contributed by atoms with van der Waals surface area (Å²) in [6, 6.07) is 17.1. The van der Waals surface area contributed by atoms with E-state index in [1.165, 1.54) is 17.4 Å². The molecule has 1 aliphatic heterocycles. The Balaban J connectivity index is 1.83. The zero-order chi connectivity index (χ0) is 24.9. The summed E-state index contributed by atoms with van der Waals surface area (Å²) in [4.78, 5) is 34.1. The van der Waals surface area contributed by atoms with Crippen LogP contribution in [0.3, 0.4) is 0 Å². The molecule has 35 heavy (non-hydrogen) atoms. The van der Waals surface area contributed by atoms with Gasteiger partial charge in [-0.3, -0.25) is 9.36 Å². The maximum Gasteiger partial charge on any atom is 0.338 e. The van der Waals surface area contributed by atoms with E-state index in [2.05, 4.69) is 42.5 Å². The third kappa shape index (κ3) is 4.91. The molecule has 0 N–H and O–H groups in total. The Morgan fingerprint density at radius 3 is 2.46 bits per heavy atom. The van der Waals surface area contributed by atoms with Crippen LogP contribution in [0, 0.1) is 0 Å². The van der Waals surface area contributed by atoms with Crippen molar-refractivity contribution in [2.24, 2.45) is 4.99 Å². The third-order valence-corrected chi connectivity index (χ3v) is 6.99. The van der Waals surface area contributed by atoms with Crippen LogP contribution in [-0.2, 0) is 9.53 Å². The second-order valence-corrected chi connectivity index (χ2v) is 9.15. The van der Waals surface area contributed by atoms with Gasteiger partial charge in [-0.05, 0) is 50.1 Å². The van der Waals surface area contributed by atoms with Crippen molar-refractivity contribution < 1.29 is 9.53 Å². The largest absolute Gasteiger partial charge is 0.458 e. The van der Waals surface area contributed by atoms with Crippen molar-refractivity contribution >= 4 is 29.1 Å². The first-order chi connectivity index (χ1) is 17.0. The van der Waals surface area contributed by atoms with Gasteiger partial charge < -0.3 is 9.64 Å². The Labute approximate surface area is 208 Å². The lowest BCUT2D eigenvalue weighted by molar-refractivity contribution is -0.138. The van der Waals surface area contributed by atoms with Crippen LogP contribution in [0.4, 0.5) is 5.69 Å². The lowest BCUT2D eigenvalue weighted by Crippen LogP contribution is -2.39. The summed E-state index contributed by atoms with van der Waals surface area (Å²) in [5, 5.41) is 0. The molecule has 0 bridgehead atoms. The molecule has 2 aromatic carbocycles. The Hall–Kier alpha value is -3.71.